The fourth-order valence-electron chi connectivity index (χ4n) is 1.87. The van der Waals surface area contributed by atoms with Crippen molar-refractivity contribution in [1.29, 1.82) is 0 Å². The number of hydrogen-bond acceptors (Lipinski definition) is 3. The Bertz CT molecular complexity index is 264. The Morgan fingerprint density at radius 2 is 2.00 bits per heavy atom. The second-order valence-corrected chi connectivity index (χ2v) is 3.93. The SMILES string of the molecule is CCCC(CCC)c1cc(COC)on1. The molecule has 0 aliphatic carbocycles. The highest BCUT2D eigenvalue weighted by Gasteiger charge is 2.14. The van der Waals surface area contributed by atoms with Crippen LogP contribution < -0.4 is 0 Å². The van der Waals surface area contributed by atoms with Crippen LogP contribution in [0.15, 0.2) is 10.6 Å². The van der Waals surface area contributed by atoms with Gasteiger partial charge in [-0.05, 0) is 12.8 Å². The fraction of sp³-hybridized carbons (Fsp3) is 0.750. The molecule has 0 fully saturated rings. The number of ether oxygens (including phenoxy) is 1. The predicted molar refractivity (Wildman–Crippen MR) is 59.8 cm³/mol. The maximum absolute atomic E-state index is 5.20. The Morgan fingerprint density at radius 3 is 2.53 bits per heavy atom. The summed E-state index contributed by atoms with van der Waals surface area (Å²) in [7, 11) is 1.66. The van der Waals surface area contributed by atoms with Crippen LogP contribution in [0.3, 0.4) is 0 Å². The van der Waals surface area contributed by atoms with E-state index < -0.39 is 0 Å². The predicted octanol–water partition coefficient (Wildman–Crippen LogP) is 3.50. The lowest BCUT2D eigenvalue weighted by Gasteiger charge is -2.10. The van der Waals surface area contributed by atoms with Crippen LogP contribution in [0, 0.1) is 0 Å². The molecule has 0 spiro atoms. The quantitative estimate of drug-likeness (QED) is 0.692. The van der Waals surface area contributed by atoms with Crippen LogP contribution in [-0.4, -0.2) is 12.3 Å². The van der Waals surface area contributed by atoms with Gasteiger partial charge in [0.1, 0.15) is 6.61 Å². The van der Waals surface area contributed by atoms with Gasteiger partial charge in [0, 0.05) is 19.1 Å². The molecule has 0 amide bonds. The van der Waals surface area contributed by atoms with Crippen LogP contribution in [0.5, 0.6) is 0 Å². The highest BCUT2D eigenvalue weighted by Crippen LogP contribution is 2.25. The monoisotopic (exact) mass is 211 g/mol. The molecule has 0 saturated heterocycles. The van der Waals surface area contributed by atoms with Crippen LogP contribution in [0.25, 0.3) is 0 Å². The second kappa shape index (κ2) is 6.62. The molecule has 3 heteroatoms. The molecule has 1 aromatic rings. The summed E-state index contributed by atoms with van der Waals surface area (Å²) in [6, 6.07) is 2.03. The van der Waals surface area contributed by atoms with Crippen molar-refractivity contribution in [3.8, 4) is 0 Å². The smallest absolute Gasteiger partial charge is 0.162 e. The average molecular weight is 211 g/mol. The number of rotatable bonds is 7. The summed E-state index contributed by atoms with van der Waals surface area (Å²) in [6.07, 6.45) is 4.76. The number of aromatic nitrogens is 1. The Labute approximate surface area is 91.8 Å². The van der Waals surface area contributed by atoms with E-state index in [0.29, 0.717) is 12.5 Å². The summed E-state index contributed by atoms with van der Waals surface area (Å²) in [4.78, 5) is 0. The van der Waals surface area contributed by atoms with Gasteiger partial charge in [0.2, 0.25) is 0 Å². The number of nitrogens with zero attached hydrogens (tertiary/aromatic N) is 1. The summed E-state index contributed by atoms with van der Waals surface area (Å²) < 4.78 is 10.2. The van der Waals surface area contributed by atoms with Crippen LogP contribution in [0.1, 0.15) is 56.9 Å². The van der Waals surface area contributed by atoms with Crippen molar-refractivity contribution in [1.82, 2.24) is 5.16 Å². The zero-order valence-electron chi connectivity index (χ0n) is 9.95. The molecule has 0 unspecified atom stereocenters. The largest absolute Gasteiger partial charge is 0.377 e. The van der Waals surface area contributed by atoms with Gasteiger partial charge in [-0.2, -0.15) is 0 Å². The highest BCUT2D eigenvalue weighted by atomic mass is 16.5. The first-order chi connectivity index (χ1) is 7.31. The van der Waals surface area contributed by atoms with Gasteiger partial charge >= 0.3 is 0 Å². The highest BCUT2D eigenvalue weighted by molar-refractivity contribution is 5.10. The van der Waals surface area contributed by atoms with Gasteiger partial charge in [0.15, 0.2) is 5.76 Å². The Balaban J connectivity index is 2.63. The minimum atomic E-state index is 0.512. The lowest BCUT2D eigenvalue weighted by molar-refractivity contribution is 0.155. The summed E-state index contributed by atoms with van der Waals surface area (Å²) in [5, 5.41) is 4.12. The van der Waals surface area contributed by atoms with E-state index in [-0.39, 0.29) is 0 Å². The summed E-state index contributed by atoms with van der Waals surface area (Å²) in [5.74, 6) is 1.37. The number of methoxy groups -OCH3 is 1. The van der Waals surface area contributed by atoms with Gasteiger partial charge in [0.05, 0.1) is 5.69 Å². The van der Waals surface area contributed by atoms with Crippen LogP contribution in [0.4, 0.5) is 0 Å². The van der Waals surface area contributed by atoms with Gasteiger partial charge < -0.3 is 9.26 Å². The molecule has 0 atom stereocenters. The second-order valence-electron chi connectivity index (χ2n) is 3.93. The van der Waals surface area contributed by atoms with E-state index >= 15 is 0 Å². The summed E-state index contributed by atoms with van der Waals surface area (Å²) in [6.45, 7) is 4.93. The Hall–Kier alpha value is -0.830. The van der Waals surface area contributed by atoms with E-state index in [1.54, 1.807) is 7.11 Å². The molecule has 0 aromatic carbocycles. The van der Waals surface area contributed by atoms with Crippen molar-refractivity contribution < 1.29 is 9.26 Å². The van der Waals surface area contributed by atoms with E-state index in [0.717, 1.165) is 11.5 Å². The van der Waals surface area contributed by atoms with Crippen molar-refractivity contribution in [2.45, 2.75) is 52.1 Å². The fourth-order valence-corrected chi connectivity index (χ4v) is 1.87. The molecule has 0 aliphatic heterocycles. The van der Waals surface area contributed by atoms with Crippen molar-refractivity contribution in [2.24, 2.45) is 0 Å². The van der Waals surface area contributed by atoms with Crippen molar-refractivity contribution >= 4 is 0 Å². The first-order valence-corrected chi connectivity index (χ1v) is 5.76. The van der Waals surface area contributed by atoms with Gasteiger partial charge in [-0.3, -0.25) is 0 Å². The van der Waals surface area contributed by atoms with Gasteiger partial charge in [0.25, 0.3) is 0 Å². The normalized spacial score (nSPS) is 11.2. The lowest BCUT2D eigenvalue weighted by atomic mass is 9.95. The molecule has 0 aliphatic rings. The van der Waals surface area contributed by atoms with Crippen molar-refractivity contribution in [2.75, 3.05) is 7.11 Å². The number of hydrogen-bond donors (Lipinski definition) is 0. The molecule has 0 radical (unpaired) electrons. The Morgan fingerprint density at radius 1 is 1.33 bits per heavy atom. The molecule has 15 heavy (non-hydrogen) atoms. The van der Waals surface area contributed by atoms with Gasteiger partial charge in [-0.1, -0.05) is 31.8 Å². The van der Waals surface area contributed by atoms with Crippen molar-refractivity contribution in [3.05, 3.63) is 17.5 Å². The van der Waals surface area contributed by atoms with Crippen LogP contribution in [0.2, 0.25) is 0 Å². The molecule has 0 N–H and O–H groups in total. The molecule has 0 bridgehead atoms. The molecule has 3 nitrogen and oxygen atoms in total. The minimum absolute atomic E-state index is 0.512. The molecular formula is C12H21NO2. The molecule has 0 saturated carbocycles. The van der Waals surface area contributed by atoms with E-state index in [1.807, 2.05) is 6.07 Å². The van der Waals surface area contributed by atoms with Crippen LogP contribution in [-0.2, 0) is 11.3 Å². The zero-order chi connectivity index (χ0) is 11.1. The van der Waals surface area contributed by atoms with Gasteiger partial charge in [-0.15, -0.1) is 0 Å². The van der Waals surface area contributed by atoms with E-state index in [1.165, 1.54) is 25.7 Å². The minimum Gasteiger partial charge on any atom is -0.377 e. The third kappa shape index (κ3) is 3.67. The van der Waals surface area contributed by atoms with Gasteiger partial charge in [-0.25, -0.2) is 0 Å². The maximum atomic E-state index is 5.20. The third-order valence-electron chi connectivity index (χ3n) is 2.56. The average Bonchev–Trinajstić information content (AvgIpc) is 2.67. The molecular weight excluding hydrogens is 190 g/mol. The topological polar surface area (TPSA) is 35.3 Å². The van der Waals surface area contributed by atoms with E-state index in [4.69, 9.17) is 9.26 Å². The first kappa shape index (κ1) is 12.2. The van der Waals surface area contributed by atoms with E-state index in [9.17, 15) is 0 Å². The molecule has 1 rings (SSSR count). The Kier molecular flexibility index (Phi) is 5.40. The van der Waals surface area contributed by atoms with Crippen molar-refractivity contribution in [3.63, 3.8) is 0 Å². The first-order valence-electron chi connectivity index (χ1n) is 5.76. The van der Waals surface area contributed by atoms with Crippen LogP contribution >= 0.6 is 0 Å². The van der Waals surface area contributed by atoms with E-state index in [2.05, 4.69) is 19.0 Å². The summed E-state index contributed by atoms with van der Waals surface area (Å²) >= 11 is 0. The maximum Gasteiger partial charge on any atom is 0.162 e. The third-order valence-corrected chi connectivity index (χ3v) is 2.56. The zero-order valence-corrected chi connectivity index (χ0v) is 9.95. The standard InChI is InChI=1S/C12H21NO2/c1-4-6-10(7-5-2)12-8-11(9-14-3)15-13-12/h8,10H,4-7,9H2,1-3H3. The lowest BCUT2D eigenvalue weighted by Crippen LogP contribution is -1.98. The summed E-state index contributed by atoms with van der Waals surface area (Å²) in [5.41, 5.74) is 1.09. The molecule has 86 valence electrons. The molecule has 1 heterocycles. The molecule has 1 aromatic heterocycles.